The highest BCUT2D eigenvalue weighted by Gasteiger charge is 2.26. The van der Waals surface area contributed by atoms with Crippen molar-refractivity contribution >= 4 is 31.9 Å². The van der Waals surface area contributed by atoms with Crippen molar-refractivity contribution in [3.05, 3.63) is 41.9 Å². The average molecular weight is 351 g/mol. The van der Waals surface area contributed by atoms with Gasteiger partial charge in [-0.05, 0) is 18.6 Å². The molecular formula is C16H15F2N3O2S. The molecule has 8 heteroatoms. The van der Waals surface area contributed by atoms with E-state index in [4.69, 9.17) is 0 Å². The highest BCUT2D eigenvalue weighted by Crippen LogP contribution is 2.32. The van der Waals surface area contributed by atoms with Gasteiger partial charge >= 0.3 is 0 Å². The van der Waals surface area contributed by atoms with Gasteiger partial charge in [0.05, 0.1) is 4.86 Å². The van der Waals surface area contributed by atoms with Crippen molar-refractivity contribution in [3.8, 4) is 0 Å². The molecule has 24 heavy (non-hydrogen) atoms. The number of rotatable bonds is 3. The van der Waals surface area contributed by atoms with Gasteiger partial charge in [0.15, 0.2) is 5.65 Å². The lowest BCUT2D eigenvalue weighted by Crippen LogP contribution is -2.19. The summed E-state index contributed by atoms with van der Waals surface area (Å²) in [6.07, 6.45) is 4.13. The lowest BCUT2D eigenvalue weighted by molar-refractivity contribution is 0.151. The number of halogens is 2. The minimum absolute atomic E-state index is 0.190. The van der Waals surface area contributed by atoms with Crippen LogP contribution in [0.15, 0.2) is 30.5 Å². The lowest BCUT2D eigenvalue weighted by Gasteiger charge is -2.19. The molecule has 1 aliphatic rings. The van der Waals surface area contributed by atoms with Crippen LogP contribution in [0.1, 0.15) is 31.2 Å². The standard InChI is InChI=1S/C16H15F2N3O2S/c1-3-10-11(5-4-6-13(10)24(22)23)15-20-12-7-9(14(17)18)8-19-16(12)21(15)2/h4-8,10,14H,3H2,1-2H3. The van der Waals surface area contributed by atoms with Crippen LogP contribution >= 0.6 is 0 Å². The third-order valence-electron chi connectivity index (χ3n) is 4.10. The number of pyridine rings is 1. The van der Waals surface area contributed by atoms with Gasteiger partial charge in [-0.15, -0.1) is 0 Å². The normalized spacial score (nSPS) is 17.6. The summed E-state index contributed by atoms with van der Waals surface area (Å²) in [6, 6.07) is 1.31. The zero-order valence-electron chi connectivity index (χ0n) is 13.1. The molecular weight excluding hydrogens is 336 g/mol. The first-order valence-electron chi connectivity index (χ1n) is 7.39. The van der Waals surface area contributed by atoms with Crippen molar-refractivity contribution in [2.75, 3.05) is 0 Å². The second-order valence-corrected chi connectivity index (χ2v) is 6.43. The van der Waals surface area contributed by atoms with Crippen molar-refractivity contribution < 1.29 is 17.2 Å². The molecule has 0 radical (unpaired) electrons. The monoisotopic (exact) mass is 351 g/mol. The molecule has 1 unspecified atom stereocenters. The van der Waals surface area contributed by atoms with E-state index in [1.54, 1.807) is 29.8 Å². The first kappa shape index (κ1) is 16.5. The maximum atomic E-state index is 12.8. The maximum absolute atomic E-state index is 12.8. The minimum atomic E-state index is -2.62. The maximum Gasteiger partial charge on any atom is 0.265 e. The van der Waals surface area contributed by atoms with Gasteiger partial charge in [0, 0.05) is 30.3 Å². The third kappa shape index (κ3) is 2.66. The Balaban J connectivity index is 2.19. The van der Waals surface area contributed by atoms with Crippen LogP contribution in [-0.4, -0.2) is 27.8 Å². The molecule has 0 aromatic carbocycles. The quantitative estimate of drug-likeness (QED) is 0.798. The zero-order chi connectivity index (χ0) is 17.4. The fraction of sp³-hybridized carbons (Fsp3) is 0.312. The Labute approximate surface area is 138 Å². The van der Waals surface area contributed by atoms with Gasteiger partial charge in [-0.3, -0.25) is 0 Å². The largest absolute Gasteiger partial charge is 0.312 e. The molecule has 0 saturated carbocycles. The Morgan fingerprint density at radius 3 is 2.75 bits per heavy atom. The Morgan fingerprint density at radius 2 is 2.12 bits per heavy atom. The lowest BCUT2D eigenvalue weighted by atomic mass is 9.88. The van der Waals surface area contributed by atoms with E-state index in [9.17, 15) is 17.2 Å². The van der Waals surface area contributed by atoms with Crippen molar-refractivity contribution in [2.45, 2.75) is 19.8 Å². The number of aryl methyl sites for hydroxylation is 1. The zero-order valence-corrected chi connectivity index (χ0v) is 13.9. The fourth-order valence-electron chi connectivity index (χ4n) is 2.92. The van der Waals surface area contributed by atoms with Gasteiger partial charge in [-0.1, -0.05) is 19.1 Å². The van der Waals surface area contributed by atoms with E-state index in [1.807, 2.05) is 6.92 Å². The van der Waals surface area contributed by atoms with Crippen LogP contribution in [0.2, 0.25) is 0 Å². The smallest absolute Gasteiger partial charge is 0.265 e. The molecule has 2 aromatic heterocycles. The van der Waals surface area contributed by atoms with E-state index in [0.29, 0.717) is 28.3 Å². The van der Waals surface area contributed by atoms with Gasteiger partial charge in [0.25, 0.3) is 6.43 Å². The van der Waals surface area contributed by atoms with Crippen molar-refractivity contribution in [1.82, 2.24) is 14.5 Å². The number of nitrogens with zero attached hydrogens (tertiary/aromatic N) is 3. The summed E-state index contributed by atoms with van der Waals surface area (Å²) in [5.74, 6) is 0.210. The summed E-state index contributed by atoms with van der Waals surface area (Å²) in [5.41, 5.74) is 1.38. The van der Waals surface area contributed by atoms with Gasteiger partial charge in [0.1, 0.15) is 11.3 Å². The second kappa shape index (κ2) is 6.27. The third-order valence-corrected chi connectivity index (χ3v) is 4.90. The number of imidazole rings is 1. The number of alkyl halides is 2. The molecule has 2 heterocycles. The molecule has 126 valence electrons. The number of allylic oxidation sites excluding steroid dienone is 4. The van der Waals surface area contributed by atoms with Gasteiger partial charge in [-0.25, -0.2) is 18.7 Å². The molecule has 1 aliphatic carbocycles. The average Bonchev–Trinajstić information content (AvgIpc) is 2.90. The summed E-state index contributed by atoms with van der Waals surface area (Å²) < 4.78 is 50.3. The Bertz CT molecular complexity index is 996. The molecule has 0 saturated heterocycles. The molecule has 0 amide bonds. The van der Waals surface area contributed by atoms with Crippen LogP contribution in [0.5, 0.6) is 0 Å². The van der Waals surface area contributed by atoms with Crippen LogP contribution in [0.25, 0.3) is 16.7 Å². The Kier molecular flexibility index (Phi) is 4.31. The van der Waals surface area contributed by atoms with Crippen molar-refractivity contribution in [3.63, 3.8) is 0 Å². The van der Waals surface area contributed by atoms with E-state index in [2.05, 4.69) is 9.97 Å². The minimum Gasteiger partial charge on any atom is -0.312 e. The molecule has 3 rings (SSSR count). The number of fused-ring (bicyclic) bond motifs is 1. The summed E-state index contributed by atoms with van der Waals surface area (Å²) in [6.45, 7) is 1.89. The number of hydrogen-bond donors (Lipinski definition) is 0. The highest BCUT2D eigenvalue weighted by atomic mass is 32.2. The van der Waals surface area contributed by atoms with Gasteiger partial charge in [-0.2, -0.15) is 8.42 Å². The Hall–Kier alpha value is -2.35. The van der Waals surface area contributed by atoms with Crippen molar-refractivity contribution in [2.24, 2.45) is 13.0 Å². The number of aromatic nitrogens is 3. The molecule has 0 aliphatic heterocycles. The van der Waals surface area contributed by atoms with Crippen LogP contribution in [0.4, 0.5) is 8.78 Å². The summed E-state index contributed by atoms with van der Waals surface area (Å²) >= 11 is 0. The number of hydrogen-bond acceptors (Lipinski definition) is 4. The molecule has 0 N–H and O–H groups in total. The first-order valence-corrected chi connectivity index (χ1v) is 8.46. The summed E-state index contributed by atoms with van der Waals surface area (Å²) in [7, 11) is -0.588. The molecule has 0 bridgehead atoms. The van der Waals surface area contributed by atoms with Crippen LogP contribution < -0.4 is 0 Å². The molecule has 5 nitrogen and oxygen atoms in total. The first-order chi connectivity index (χ1) is 11.4. The van der Waals surface area contributed by atoms with Crippen LogP contribution in [0.3, 0.4) is 0 Å². The van der Waals surface area contributed by atoms with Gasteiger partial charge in [0.2, 0.25) is 10.3 Å². The van der Waals surface area contributed by atoms with E-state index in [-0.39, 0.29) is 11.5 Å². The topological polar surface area (TPSA) is 64.8 Å². The van der Waals surface area contributed by atoms with Crippen LogP contribution in [-0.2, 0) is 17.3 Å². The summed E-state index contributed by atoms with van der Waals surface area (Å²) in [5, 5.41) is 0. The predicted molar refractivity (Wildman–Crippen MR) is 88.3 cm³/mol. The molecule has 2 aromatic rings. The van der Waals surface area contributed by atoms with Gasteiger partial charge < -0.3 is 4.57 Å². The Morgan fingerprint density at radius 1 is 1.38 bits per heavy atom. The van der Waals surface area contributed by atoms with E-state index in [1.165, 1.54) is 6.07 Å². The molecule has 0 fully saturated rings. The molecule has 1 atom stereocenters. The predicted octanol–water partition coefficient (Wildman–Crippen LogP) is 2.94. The van der Waals surface area contributed by atoms with E-state index in [0.717, 1.165) is 11.8 Å². The fourth-order valence-corrected chi connectivity index (χ4v) is 3.64. The second-order valence-electron chi connectivity index (χ2n) is 5.49. The highest BCUT2D eigenvalue weighted by molar-refractivity contribution is 7.73. The summed E-state index contributed by atoms with van der Waals surface area (Å²) in [4.78, 5) is 8.79. The van der Waals surface area contributed by atoms with Crippen LogP contribution in [0, 0.1) is 5.92 Å². The van der Waals surface area contributed by atoms with E-state index >= 15 is 0 Å². The molecule has 0 spiro atoms. The SMILES string of the molecule is CCC1C(c2nc3cc(C(F)F)cnc3n2C)=CC=CC1=S(=O)=O. The van der Waals surface area contributed by atoms with E-state index < -0.39 is 16.7 Å². The van der Waals surface area contributed by atoms with Crippen molar-refractivity contribution in [1.29, 1.82) is 0 Å².